The van der Waals surface area contributed by atoms with E-state index >= 15 is 0 Å². The van der Waals surface area contributed by atoms with Crippen molar-refractivity contribution in [2.75, 3.05) is 31.6 Å². The molecule has 0 spiro atoms. The van der Waals surface area contributed by atoms with E-state index in [-0.39, 0.29) is 0 Å². The monoisotopic (exact) mass is 450 g/mol. The van der Waals surface area contributed by atoms with E-state index in [0.717, 1.165) is 30.9 Å². The first-order valence-electron chi connectivity index (χ1n) is 11.3. The lowest BCUT2D eigenvalue weighted by molar-refractivity contribution is -0.131. The minimum absolute atomic E-state index is 0.331. The number of piperidine rings is 1. The number of nitrogens with zero attached hydrogens (tertiary/aromatic N) is 2. The molecule has 3 aromatic rings. The van der Waals surface area contributed by atoms with Gasteiger partial charge in [-0.3, -0.25) is 14.8 Å². The summed E-state index contributed by atoms with van der Waals surface area (Å²) in [5.74, 6) is 0.686. The maximum absolute atomic E-state index is 11.4. The third-order valence-corrected chi connectivity index (χ3v) is 5.67. The summed E-state index contributed by atoms with van der Waals surface area (Å²) in [5, 5.41) is 20.7. The van der Waals surface area contributed by atoms with E-state index < -0.39 is 12.2 Å². The molecule has 1 saturated heterocycles. The molecule has 0 saturated carbocycles. The fraction of sp³-hybridized carbons (Fsp3) is 0.360. The molecule has 2 heterocycles. The van der Waals surface area contributed by atoms with Crippen LogP contribution in [-0.2, 0) is 4.79 Å². The van der Waals surface area contributed by atoms with Gasteiger partial charge in [-0.2, -0.15) is 5.10 Å². The molecule has 4 rings (SSSR count). The molecule has 0 radical (unpaired) electrons. The van der Waals surface area contributed by atoms with E-state index in [0.29, 0.717) is 29.3 Å². The Labute approximate surface area is 193 Å². The molecule has 8 heteroatoms. The van der Waals surface area contributed by atoms with Crippen molar-refractivity contribution in [3.63, 3.8) is 0 Å². The van der Waals surface area contributed by atoms with Crippen molar-refractivity contribution < 1.29 is 19.4 Å². The zero-order valence-electron chi connectivity index (χ0n) is 18.8. The lowest BCUT2D eigenvalue weighted by Gasteiger charge is -2.26. The molecular formula is C25H30N4O4. The summed E-state index contributed by atoms with van der Waals surface area (Å²) >= 11 is 0. The molecule has 0 bridgehead atoms. The van der Waals surface area contributed by atoms with Crippen molar-refractivity contribution in [2.24, 2.45) is 0 Å². The maximum atomic E-state index is 11.4. The van der Waals surface area contributed by atoms with E-state index in [1.165, 1.54) is 32.4 Å². The molecule has 0 aliphatic carbocycles. The number of aromatic nitrogens is 2. The minimum atomic E-state index is -0.936. The van der Waals surface area contributed by atoms with E-state index in [2.05, 4.69) is 20.4 Å². The number of nitrogens with one attached hydrogen (secondary N) is 2. The topological polar surface area (TPSA) is 99.7 Å². The summed E-state index contributed by atoms with van der Waals surface area (Å²) < 4.78 is 11.1. The van der Waals surface area contributed by atoms with Gasteiger partial charge in [0.2, 0.25) is 0 Å². The molecule has 1 aliphatic rings. The lowest BCUT2D eigenvalue weighted by atomic mass is 10.1. The van der Waals surface area contributed by atoms with Crippen molar-refractivity contribution in [3.05, 3.63) is 60.3 Å². The van der Waals surface area contributed by atoms with Crippen molar-refractivity contribution in [1.29, 1.82) is 0 Å². The quantitative estimate of drug-likeness (QED) is 0.335. The average Bonchev–Trinajstić information content (AvgIpc) is 3.28. The molecular weight excluding hydrogens is 420 g/mol. The molecule has 1 unspecified atom stereocenters. The second-order valence-electron chi connectivity index (χ2n) is 8.12. The number of likely N-dealkylation sites (tertiary alicyclic amines) is 1. The third-order valence-electron chi connectivity index (χ3n) is 5.67. The zero-order valence-corrected chi connectivity index (χ0v) is 18.8. The number of anilines is 1. The molecule has 8 nitrogen and oxygen atoms in total. The maximum Gasteiger partial charge on any atom is 0.308 e. The number of esters is 1. The first-order chi connectivity index (χ1) is 16.1. The Bertz CT molecular complexity index is 1040. The Morgan fingerprint density at radius 3 is 2.67 bits per heavy atom. The number of benzene rings is 2. The van der Waals surface area contributed by atoms with Gasteiger partial charge in [0, 0.05) is 30.3 Å². The van der Waals surface area contributed by atoms with Gasteiger partial charge in [-0.15, -0.1) is 0 Å². The van der Waals surface area contributed by atoms with Crippen LogP contribution in [0.3, 0.4) is 0 Å². The highest BCUT2D eigenvalue weighted by atomic mass is 16.5. The Morgan fingerprint density at radius 2 is 1.91 bits per heavy atom. The predicted octanol–water partition coefficient (Wildman–Crippen LogP) is 3.97. The number of carbonyl (C=O) groups excluding carboxylic acids is 1. The van der Waals surface area contributed by atoms with Crippen LogP contribution < -0.4 is 14.8 Å². The molecule has 1 aromatic heterocycles. The normalized spacial score (nSPS) is 15.1. The van der Waals surface area contributed by atoms with Crippen LogP contribution in [0.1, 0.15) is 38.0 Å². The minimum Gasteiger partial charge on any atom is -0.492 e. The SMILES string of the molecule is CC(=O)Oc1cn[nH]c1-c1ccccc1NC(O)c1ccc(OCCN2CCCCC2)cc1. The van der Waals surface area contributed by atoms with Crippen LogP contribution in [0.15, 0.2) is 54.7 Å². The van der Waals surface area contributed by atoms with E-state index in [9.17, 15) is 9.90 Å². The summed E-state index contributed by atoms with van der Waals surface area (Å²) in [6.07, 6.45) is 4.39. The van der Waals surface area contributed by atoms with Gasteiger partial charge in [-0.1, -0.05) is 36.8 Å². The van der Waals surface area contributed by atoms with Crippen LogP contribution in [-0.4, -0.2) is 52.4 Å². The van der Waals surface area contributed by atoms with Gasteiger partial charge in [-0.05, 0) is 44.1 Å². The van der Waals surface area contributed by atoms with Crippen LogP contribution in [0.25, 0.3) is 11.3 Å². The summed E-state index contributed by atoms with van der Waals surface area (Å²) in [7, 11) is 0. The number of ether oxygens (including phenoxy) is 2. The number of hydrogen-bond acceptors (Lipinski definition) is 7. The number of aliphatic hydroxyl groups excluding tert-OH is 1. The predicted molar refractivity (Wildman–Crippen MR) is 126 cm³/mol. The molecule has 1 fully saturated rings. The van der Waals surface area contributed by atoms with Crippen molar-refractivity contribution in [3.8, 4) is 22.8 Å². The van der Waals surface area contributed by atoms with Crippen molar-refractivity contribution in [1.82, 2.24) is 15.1 Å². The Balaban J connectivity index is 1.38. The summed E-state index contributed by atoms with van der Waals surface area (Å²) in [5.41, 5.74) is 2.66. The van der Waals surface area contributed by atoms with Crippen LogP contribution in [0.2, 0.25) is 0 Å². The second kappa shape index (κ2) is 11.0. The van der Waals surface area contributed by atoms with Gasteiger partial charge in [-0.25, -0.2) is 0 Å². The van der Waals surface area contributed by atoms with Crippen LogP contribution >= 0.6 is 0 Å². The molecule has 3 N–H and O–H groups in total. The summed E-state index contributed by atoms with van der Waals surface area (Å²) in [6.45, 7) is 5.24. The van der Waals surface area contributed by atoms with Gasteiger partial charge < -0.3 is 19.9 Å². The van der Waals surface area contributed by atoms with Crippen molar-refractivity contribution >= 4 is 11.7 Å². The number of aliphatic hydroxyl groups is 1. The smallest absolute Gasteiger partial charge is 0.308 e. The van der Waals surface area contributed by atoms with Crippen LogP contribution in [0, 0.1) is 0 Å². The molecule has 0 amide bonds. The highest BCUT2D eigenvalue weighted by Gasteiger charge is 2.17. The zero-order chi connectivity index (χ0) is 23.0. The molecule has 2 aromatic carbocycles. The van der Waals surface area contributed by atoms with E-state index in [1.54, 1.807) is 0 Å². The number of rotatable bonds is 9. The van der Waals surface area contributed by atoms with Gasteiger partial charge in [0.1, 0.15) is 18.1 Å². The summed E-state index contributed by atoms with van der Waals surface area (Å²) in [6, 6.07) is 14.9. The summed E-state index contributed by atoms with van der Waals surface area (Å²) in [4.78, 5) is 13.8. The Kier molecular flexibility index (Phi) is 7.59. The fourth-order valence-electron chi connectivity index (χ4n) is 3.98. The van der Waals surface area contributed by atoms with E-state index in [1.807, 2.05) is 48.5 Å². The first kappa shape index (κ1) is 22.8. The average molecular weight is 451 g/mol. The largest absolute Gasteiger partial charge is 0.492 e. The molecule has 1 atom stereocenters. The highest BCUT2D eigenvalue weighted by molar-refractivity contribution is 5.81. The first-order valence-corrected chi connectivity index (χ1v) is 11.3. The van der Waals surface area contributed by atoms with Crippen molar-refractivity contribution in [2.45, 2.75) is 32.4 Å². The fourth-order valence-corrected chi connectivity index (χ4v) is 3.98. The van der Waals surface area contributed by atoms with Crippen LogP contribution in [0.4, 0.5) is 5.69 Å². The number of carbonyl (C=O) groups is 1. The van der Waals surface area contributed by atoms with Gasteiger partial charge >= 0.3 is 5.97 Å². The Hall–Kier alpha value is -3.36. The third kappa shape index (κ3) is 6.12. The standard InChI is InChI=1S/C25H30N4O4/c1-18(30)33-23-17-26-28-24(23)21-7-3-4-8-22(21)27-25(31)19-9-11-20(12-10-19)32-16-15-29-13-5-2-6-14-29/h3-4,7-12,17,25,27,31H,2,5-6,13-16H2,1H3,(H,26,28). The molecule has 33 heavy (non-hydrogen) atoms. The number of H-pyrrole nitrogens is 1. The van der Waals surface area contributed by atoms with E-state index in [4.69, 9.17) is 9.47 Å². The highest BCUT2D eigenvalue weighted by Crippen LogP contribution is 2.34. The number of aromatic amines is 1. The van der Waals surface area contributed by atoms with Gasteiger partial charge in [0.15, 0.2) is 12.0 Å². The van der Waals surface area contributed by atoms with Crippen LogP contribution in [0.5, 0.6) is 11.5 Å². The second-order valence-corrected chi connectivity index (χ2v) is 8.12. The molecule has 174 valence electrons. The number of hydrogen-bond donors (Lipinski definition) is 3. The van der Waals surface area contributed by atoms with Gasteiger partial charge in [0.25, 0.3) is 0 Å². The number of para-hydroxylation sites is 1. The lowest BCUT2D eigenvalue weighted by Crippen LogP contribution is -2.33. The Morgan fingerprint density at radius 1 is 1.15 bits per heavy atom. The van der Waals surface area contributed by atoms with Gasteiger partial charge in [0.05, 0.1) is 6.20 Å². The molecule has 1 aliphatic heterocycles.